The van der Waals surface area contributed by atoms with E-state index in [4.69, 9.17) is 0 Å². The molecule has 2 nitrogen and oxygen atoms in total. The molecule has 0 unspecified atom stereocenters. The second kappa shape index (κ2) is 4.09. The second-order valence-electron chi connectivity index (χ2n) is 4.23. The molecule has 0 spiro atoms. The fourth-order valence-electron chi connectivity index (χ4n) is 2.03. The Morgan fingerprint density at radius 1 is 1.40 bits per heavy atom. The van der Waals surface area contributed by atoms with Crippen molar-refractivity contribution in [2.75, 3.05) is 23.3 Å². The van der Waals surface area contributed by atoms with Gasteiger partial charge in [-0.1, -0.05) is 0 Å². The van der Waals surface area contributed by atoms with Crippen LogP contribution in [0.5, 0.6) is 0 Å². The van der Waals surface area contributed by atoms with Gasteiger partial charge in [0.15, 0.2) is 0 Å². The van der Waals surface area contributed by atoms with Gasteiger partial charge in [0.25, 0.3) is 0 Å². The summed E-state index contributed by atoms with van der Waals surface area (Å²) in [5, 5.41) is 3.27. The van der Waals surface area contributed by atoms with Gasteiger partial charge in [-0.05, 0) is 38.5 Å². The lowest BCUT2D eigenvalue weighted by Gasteiger charge is -2.28. The van der Waals surface area contributed by atoms with E-state index in [9.17, 15) is 4.39 Å². The number of nitrogens with one attached hydrogen (secondary N) is 1. The first kappa shape index (κ1) is 10.3. The third kappa shape index (κ3) is 2.06. The first-order valence-corrected chi connectivity index (χ1v) is 5.48. The van der Waals surface area contributed by atoms with Crippen molar-refractivity contribution in [3.63, 3.8) is 0 Å². The molecule has 1 aliphatic heterocycles. The van der Waals surface area contributed by atoms with Crippen molar-refractivity contribution in [1.82, 2.24) is 0 Å². The molecule has 82 valence electrons. The molecule has 15 heavy (non-hydrogen) atoms. The molecule has 1 N–H and O–H groups in total. The van der Waals surface area contributed by atoms with Gasteiger partial charge in [0.05, 0.1) is 11.4 Å². The van der Waals surface area contributed by atoms with E-state index in [1.807, 2.05) is 6.07 Å². The zero-order valence-corrected chi connectivity index (χ0v) is 9.26. The largest absolute Gasteiger partial charge is 0.383 e. The fraction of sp³-hybridized carbons (Fsp3) is 0.500. The highest BCUT2D eigenvalue weighted by atomic mass is 19.1. The minimum Gasteiger partial charge on any atom is -0.383 e. The van der Waals surface area contributed by atoms with Crippen LogP contribution in [0.3, 0.4) is 0 Å². The predicted octanol–water partition coefficient (Wildman–Crippen LogP) is 2.86. The lowest BCUT2D eigenvalue weighted by Crippen LogP contribution is -2.31. The first-order chi connectivity index (χ1) is 7.18. The highest BCUT2D eigenvalue weighted by Crippen LogP contribution is 2.30. The zero-order chi connectivity index (χ0) is 10.8. The molecule has 0 atom stereocenters. The molecule has 0 saturated heterocycles. The Morgan fingerprint density at radius 2 is 2.20 bits per heavy atom. The number of hydrogen-bond donors (Lipinski definition) is 1. The quantitative estimate of drug-likeness (QED) is 0.763. The molecule has 0 radical (unpaired) electrons. The molecule has 1 heterocycles. The van der Waals surface area contributed by atoms with Crippen LogP contribution in [0.4, 0.5) is 15.8 Å². The van der Waals surface area contributed by atoms with Gasteiger partial charge in [-0.25, -0.2) is 4.39 Å². The normalized spacial score (nSPS) is 15.9. The lowest BCUT2D eigenvalue weighted by atomic mass is 10.2. The van der Waals surface area contributed by atoms with E-state index in [0.717, 1.165) is 30.9 Å². The van der Waals surface area contributed by atoms with Crippen LogP contribution in [0.1, 0.15) is 20.3 Å². The lowest BCUT2D eigenvalue weighted by molar-refractivity contribution is 0.627. The van der Waals surface area contributed by atoms with Crippen LogP contribution in [-0.2, 0) is 0 Å². The van der Waals surface area contributed by atoms with Crippen LogP contribution in [0.25, 0.3) is 0 Å². The van der Waals surface area contributed by atoms with Crippen molar-refractivity contribution in [1.29, 1.82) is 0 Å². The van der Waals surface area contributed by atoms with Gasteiger partial charge in [0, 0.05) is 19.1 Å². The summed E-state index contributed by atoms with van der Waals surface area (Å²) >= 11 is 0. The van der Waals surface area contributed by atoms with Crippen LogP contribution in [0, 0.1) is 5.82 Å². The van der Waals surface area contributed by atoms with Crippen molar-refractivity contribution >= 4 is 11.4 Å². The molecule has 0 amide bonds. The van der Waals surface area contributed by atoms with Gasteiger partial charge < -0.3 is 10.2 Å². The zero-order valence-electron chi connectivity index (χ0n) is 9.26. The van der Waals surface area contributed by atoms with Crippen LogP contribution >= 0.6 is 0 Å². The fourth-order valence-corrected chi connectivity index (χ4v) is 2.03. The SMILES string of the molecule is CC(C)N1CCCNc2cc(F)ccc21. The molecule has 0 aliphatic carbocycles. The molecular formula is C12H17FN2. The summed E-state index contributed by atoms with van der Waals surface area (Å²) in [4.78, 5) is 2.31. The highest BCUT2D eigenvalue weighted by Gasteiger charge is 2.17. The van der Waals surface area contributed by atoms with E-state index in [1.165, 1.54) is 6.07 Å². The smallest absolute Gasteiger partial charge is 0.125 e. The minimum absolute atomic E-state index is 0.174. The standard InChI is InChI=1S/C12H17FN2/c1-9(2)15-7-3-6-14-11-8-10(13)4-5-12(11)15/h4-5,8-9,14H,3,6-7H2,1-2H3. The summed E-state index contributed by atoms with van der Waals surface area (Å²) in [5.41, 5.74) is 2.03. The summed E-state index contributed by atoms with van der Waals surface area (Å²) in [5.74, 6) is -0.174. The topological polar surface area (TPSA) is 15.3 Å². The van der Waals surface area contributed by atoms with Crippen molar-refractivity contribution in [3.05, 3.63) is 24.0 Å². The molecule has 1 aliphatic rings. The summed E-state index contributed by atoms with van der Waals surface area (Å²) in [6.45, 7) is 6.28. The number of fused-ring (bicyclic) bond motifs is 1. The Balaban J connectivity index is 2.40. The number of rotatable bonds is 1. The average molecular weight is 208 g/mol. The molecule has 3 heteroatoms. The number of halogens is 1. The van der Waals surface area contributed by atoms with Gasteiger partial charge in [-0.15, -0.1) is 0 Å². The van der Waals surface area contributed by atoms with E-state index >= 15 is 0 Å². The molecule has 0 saturated carbocycles. The maximum Gasteiger partial charge on any atom is 0.125 e. The predicted molar refractivity (Wildman–Crippen MR) is 62.0 cm³/mol. The van der Waals surface area contributed by atoms with Gasteiger partial charge in [-0.3, -0.25) is 0 Å². The van der Waals surface area contributed by atoms with E-state index in [-0.39, 0.29) is 5.82 Å². The minimum atomic E-state index is -0.174. The van der Waals surface area contributed by atoms with E-state index in [0.29, 0.717) is 6.04 Å². The van der Waals surface area contributed by atoms with Crippen molar-refractivity contribution in [2.24, 2.45) is 0 Å². The van der Waals surface area contributed by atoms with Gasteiger partial charge in [-0.2, -0.15) is 0 Å². The molecule has 1 aromatic rings. The van der Waals surface area contributed by atoms with Crippen LogP contribution in [-0.4, -0.2) is 19.1 Å². The molecule has 2 rings (SSSR count). The summed E-state index contributed by atoms with van der Waals surface area (Å²) in [6.07, 6.45) is 1.09. The average Bonchev–Trinajstić information content (AvgIpc) is 2.38. The Kier molecular flexibility index (Phi) is 2.80. The first-order valence-electron chi connectivity index (χ1n) is 5.48. The third-order valence-electron chi connectivity index (χ3n) is 2.78. The third-order valence-corrected chi connectivity index (χ3v) is 2.78. The molecular weight excluding hydrogens is 191 g/mol. The summed E-state index contributed by atoms with van der Waals surface area (Å²) in [6, 6.07) is 5.43. The number of nitrogens with zero attached hydrogens (tertiary/aromatic N) is 1. The maximum atomic E-state index is 13.1. The Morgan fingerprint density at radius 3 is 2.93 bits per heavy atom. The summed E-state index contributed by atoms with van der Waals surface area (Å²) in [7, 11) is 0. The number of benzene rings is 1. The monoisotopic (exact) mass is 208 g/mol. The van der Waals surface area contributed by atoms with Gasteiger partial charge in [0.1, 0.15) is 5.82 Å². The van der Waals surface area contributed by atoms with E-state index < -0.39 is 0 Å². The number of hydrogen-bond acceptors (Lipinski definition) is 2. The van der Waals surface area contributed by atoms with Gasteiger partial charge in [0.2, 0.25) is 0 Å². The summed E-state index contributed by atoms with van der Waals surface area (Å²) < 4.78 is 13.1. The van der Waals surface area contributed by atoms with E-state index in [1.54, 1.807) is 6.07 Å². The van der Waals surface area contributed by atoms with E-state index in [2.05, 4.69) is 24.1 Å². The Labute approximate surface area is 90.1 Å². The Bertz CT molecular complexity index is 349. The van der Waals surface area contributed by atoms with Crippen LogP contribution in [0.2, 0.25) is 0 Å². The molecule has 0 fully saturated rings. The maximum absolute atomic E-state index is 13.1. The van der Waals surface area contributed by atoms with Gasteiger partial charge >= 0.3 is 0 Å². The van der Waals surface area contributed by atoms with Crippen molar-refractivity contribution < 1.29 is 4.39 Å². The number of anilines is 2. The Hall–Kier alpha value is -1.25. The highest BCUT2D eigenvalue weighted by molar-refractivity contribution is 5.71. The molecule has 1 aromatic carbocycles. The van der Waals surface area contributed by atoms with Crippen molar-refractivity contribution in [2.45, 2.75) is 26.3 Å². The van der Waals surface area contributed by atoms with Crippen molar-refractivity contribution in [3.8, 4) is 0 Å². The second-order valence-corrected chi connectivity index (χ2v) is 4.23. The molecule has 0 aromatic heterocycles. The van der Waals surface area contributed by atoms with Crippen LogP contribution < -0.4 is 10.2 Å². The van der Waals surface area contributed by atoms with Crippen LogP contribution in [0.15, 0.2) is 18.2 Å². The molecule has 0 bridgehead atoms.